The van der Waals surface area contributed by atoms with Crippen molar-refractivity contribution in [2.75, 3.05) is 42.1 Å². The van der Waals surface area contributed by atoms with Crippen LogP contribution < -0.4 is 21.3 Å². The molecule has 1 aliphatic rings. The average molecular weight is 387 g/mol. The first-order valence-corrected chi connectivity index (χ1v) is 9.00. The lowest BCUT2D eigenvalue weighted by Crippen LogP contribution is -2.43. The summed E-state index contributed by atoms with van der Waals surface area (Å²) in [7, 11) is 0. The molecule has 28 heavy (non-hydrogen) atoms. The Hall–Kier alpha value is -3.00. The summed E-state index contributed by atoms with van der Waals surface area (Å²) in [6, 6.07) is 13.0. The van der Waals surface area contributed by atoms with Gasteiger partial charge in [-0.3, -0.25) is 0 Å². The van der Waals surface area contributed by atoms with Gasteiger partial charge in [-0.1, -0.05) is 0 Å². The minimum atomic E-state index is -4.50. The number of nitrogens with two attached hydrogens (primary N) is 1. The second-order valence-corrected chi connectivity index (χ2v) is 6.74. The van der Waals surface area contributed by atoms with Crippen molar-refractivity contribution in [2.24, 2.45) is 0 Å². The fourth-order valence-electron chi connectivity index (χ4n) is 3.37. The lowest BCUT2D eigenvalue weighted by molar-refractivity contribution is -0.136. The van der Waals surface area contributed by atoms with Gasteiger partial charge >= 0.3 is 6.18 Å². The molecule has 4 N–H and O–H groups in total. The maximum atomic E-state index is 13.5. The van der Waals surface area contributed by atoms with Gasteiger partial charge in [-0.25, -0.2) is 4.98 Å². The van der Waals surface area contributed by atoms with Crippen molar-refractivity contribution in [3.63, 3.8) is 0 Å². The van der Waals surface area contributed by atoms with E-state index < -0.39 is 11.7 Å². The van der Waals surface area contributed by atoms with Crippen LogP contribution in [0.4, 0.5) is 36.1 Å². The zero-order valence-electron chi connectivity index (χ0n) is 15.1. The molecule has 0 bridgehead atoms. The largest absolute Gasteiger partial charge is 0.417 e. The summed E-state index contributed by atoms with van der Waals surface area (Å²) in [5.41, 5.74) is 7.17. The predicted molar refractivity (Wildman–Crippen MR) is 106 cm³/mol. The summed E-state index contributed by atoms with van der Waals surface area (Å²) in [6.45, 7) is 3.73. The lowest BCUT2D eigenvalue weighted by atomic mass is 10.1. The molecule has 1 saturated heterocycles. The van der Waals surface area contributed by atoms with Crippen LogP contribution in [0.5, 0.6) is 0 Å². The quantitative estimate of drug-likeness (QED) is 0.593. The number of nitrogens with zero attached hydrogens (tertiary/aromatic N) is 2. The first-order valence-electron chi connectivity index (χ1n) is 9.00. The SMILES string of the molecule is Nc1ccc2nc(Nc3ccc(N4CCNCC4)cc3)cc(C(F)(F)F)c2c1. The van der Waals surface area contributed by atoms with E-state index in [0.29, 0.717) is 5.69 Å². The molecule has 2 heterocycles. The average Bonchev–Trinajstić information content (AvgIpc) is 2.68. The number of benzene rings is 2. The van der Waals surface area contributed by atoms with Crippen LogP contribution in [0.25, 0.3) is 10.9 Å². The number of aromatic nitrogens is 1. The van der Waals surface area contributed by atoms with Crippen molar-refractivity contribution >= 4 is 33.8 Å². The molecule has 0 radical (unpaired) electrons. The molecule has 0 atom stereocenters. The van der Waals surface area contributed by atoms with E-state index in [1.807, 2.05) is 24.3 Å². The second-order valence-electron chi connectivity index (χ2n) is 6.74. The normalized spacial score (nSPS) is 15.0. The molecule has 0 unspecified atom stereocenters. The summed E-state index contributed by atoms with van der Waals surface area (Å²) in [6.07, 6.45) is -4.50. The summed E-state index contributed by atoms with van der Waals surface area (Å²) in [5.74, 6) is 0.138. The van der Waals surface area contributed by atoms with Gasteiger partial charge in [0.1, 0.15) is 5.82 Å². The van der Waals surface area contributed by atoms with Gasteiger partial charge in [-0.15, -0.1) is 0 Å². The smallest absolute Gasteiger partial charge is 0.399 e. The van der Waals surface area contributed by atoms with Gasteiger partial charge in [0, 0.05) is 48.6 Å². The molecule has 3 aromatic rings. The number of pyridine rings is 1. The third-order valence-electron chi connectivity index (χ3n) is 4.76. The summed E-state index contributed by atoms with van der Waals surface area (Å²) in [4.78, 5) is 6.58. The molecule has 0 amide bonds. The topological polar surface area (TPSA) is 66.2 Å². The van der Waals surface area contributed by atoms with Crippen molar-refractivity contribution in [2.45, 2.75) is 6.18 Å². The fraction of sp³-hybridized carbons (Fsp3) is 0.250. The molecule has 0 aliphatic carbocycles. The van der Waals surface area contributed by atoms with E-state index in [2.05, 4.69) is 20.5 Å². The monoisotopic (exact) mass is 387 g/mol. The van der Waals surface area contributed by atoms with Crippen LogP contribution in [0.3, 0.4) is 0 Å². The van der Waals surface area contributed by atoms with Gasteiger partial charge in [0.25, 0.3) is 0 Å². The Morgan fingerprint density at radius 2 is 1.71 bits per heavy atom. The van der Waals surface area contributed by atoms with Gasteiger partial charge in [0.2, 0.25) is 0 Å². The Morgan fingerprint density at radius 3 is 2.39 bits per heavy atom. The van der Waals surface area contributed by atoms with Crippen LogP contribution in [0.1, 0.15) is 5.56 Å². The summed E-state index contributed by atoms with van der Waals surface area (Å²) in [5, 5.41) is 6.27. The molecular formula is C20H20F3N5. The van der Waals surface area contributed by atoms with E-state index in [0.717, 1.165) is 37.9 Å². The number of rotatable bonds is 3. The lowest BCUT2D eigenvalue weighted by Gasteiger charge is -2.29. The first-order chi connectivity index (χ1) is 13.4. The molecular weight excluding hydrogens is 367 g/mol. The van der Waals surface area contributed by atoms with Crippen LogP contribution in [-0.2, 0) is 6.18 Å². The highest BCUT2D eigenvalue weighted by atomic mass is 19.4. The van der Waals surface area contributed by atoms with E-state index in [9.17, 15) is 13.2 Å². The number of piperazine rings is 1. The third-order valence-corrected chi connectivity index (χ3v) is 4.76. The molecule has 1 aromatic heterocycles. The Bertz CT molecular complexity index is 980. The van der Waals surface area contributed by atoms with Crippen molar-refractivity contribution in [3.05, 3.63) is 54.1 Å². The van der Waals surface area contributed by atoms with Gasteiger partial charge in [0.05, 0.1) is 11.1 Å². The minimum Gasteiger partial charge on any atom is -0.399 e. The molecule has 0 spiro atoms. The highest BCUT2D eigenvalue weighted by molar-refractivity contribution is 5.87. The van der Waals surface area contributed by atoms with Crippen LogP contribution in [-0.4, -0.2) is 31.2 Å². The maximum Gasteiger partial charge on any atom is 0.417 e. The van der Waals surface area contributed by atoms with Gasteiger partial charge < -0.3 is 21.3 Å². The Morgan fingerprint density at radius 1 is 1.00 bits per heavy atom. The highest BCUT2D eigenvalue weighted by Crippen LogP contribution is 2.37. The maximum absolute atomic E-state index is 13.5. The molecule has 146 valence electrons. The number of hydrogen-bond donors (Lipinski definition) is 3. The Kier molecular flexibility index (Phi) is 4.72. The second kappa shape index (κ2) is 7.20. The van der Waals surface area contributed by atoms with Crippen LogP contribution in [0.15, 0.2) is 48.5 Å². The van der Waals surface area contributed by atoms with Crippen molar-refractivity contribution in [1.82, 2.24) is 10.3 Å². The van der Waals surface area contributed by atoms with E-state index in [1.54, 1.807) is 6.07 Å². The highest BCUT2D eigenvalue weighted by Gasteiger charge is 2.33. The zero-order valence-corrected chi connectivity index (χ0v) is 15.1. The summed E-state index contributed by atoms with van der Waals surface area (Å²) >= 11 is 0. The van der Waals surface area contributed by atoms with Crippen LogP contribution >= 0.6 is 0 Å². The summed E-state index contributed by atoms with van der Waals surface area (Å²) < 4.78 is 40.6. The molecule has 1 fully saturated rings. The predicted octanol–water partition coefficient (Wildman–Crippen LogP) is 3.99. The molecule has 4 rings (SSSR count). The van der Waals surface area contributed by atoms with Crippen molar-refractivity contribution in [1.29, 1.82) is 0 Å². The molecule has 1 aliphatic heterocycles. The van der Waals surface area contributed by atoms with Gasteiger partial charge in [-0.05, 0) is 48.5 Å². The number of halogens is 3. The van der Waals surface area contributed by atoms with E-state index in [1.165, 1.54) is 12.1 Å². The molecule has 2 aromatic carbocycles. The Labute approximate surface area is 160 Å². The third kappa shape index (κ3) is 3.82. The number of hydrogen-bond acceptors (Lipinski definition) is 5. The van der Waals surface area contributed by atoms with E-state index in [4.69, 9.17) is 5.73 Å². The Balaban J connectivity index is 1.63. The minimum absolute atomic E-state index is 0.00731. The number of anilines is 4. The fourth-order valence-corrected chi connectivity index (χ4v) is 3.37. The number of nitrogen functional groups attached to an aromatic ring is 1. The van der Waals surface area contributed by atoms with Gasteiger partial charge in [-0.2, -0.15) is 13.2 Å². The zero-order chi connectivity index (χ0) is 19.7. The molecule has 0 saturated carbocycles. The van der Waals surface area contributed by atoms with Crippen LogP contribution in [0.2, 0.25) is 0 Å². The van der Waals surface area contributed by atoms with Crippen LogP contribution in [0, 0.1) is 0 Å². The van der Waals surface area contributed by atoms with Crippen molar-refractivity contribution in [3.8, 4) is 0 Å². The number of nitrogens with one attached hydrogen (secondary N) is 2. The number of alkyl halides is 3. The van der Waals surface area contributed by atoms with Crippen molar-refractivity contribution < 1.29 is 13.2 Å². The number of fused-ring (bicyclic) bond motifs is 1. The molecule has 5 nitrogen and oxygen atoms in total. The van der Waals surface area contributed by atoms with E-state index in [-0.39, 0.29) is 22.4 Å². The first kappa shape index (κ1) is 18.4. The van der Waals surface area contributed by atoms with E-state index >= 15 is 0 Å². The standard InChI is InChI=1S/C20H20F3N5/c21-20(22,23)17-12-19(27-18-6-1-13(24)11-16(17)18)26-14-2-4-15(5-3-14)28-9-7-25-8-10-28/h1-6,11-12,25H,7-10,24H2,(H,26,27). The molecule has 8 heteroatoms. The van der Waals surface area contributed by atoms with Gasteiger partial charge in [0.15, 0.2) is 0 Å².